The second-order valence-corrected chi connectivity index (χ2v) is 14.0. The number of rotatable bonds is 5. The Morgan fingerprint density at radius 3 is 2.09 bits per heavy atom. The highest BCUT2D eigenvalue weighted by Gasteiger charge is 2.34. The molecule has 0 aliphatic carbocycles. The minimum atomic E-state index is -4.76. The topological polar surface area (TPSA) is 200 Å². The number of fused-ring (bicyclic) bond motifs is 1. The number of aryl methyl sites for hydroxylation is 2. The van der Waals surface area contributed by atoms with Gasteiger partial charge in [0.25, 0.3) is 0 Å². The van der Waals surface area contributed by atoms with E-state index in [9.17, 15) is 24.4 Å². The third-order valence-corrected chi connectivity index (χ3v) is 7.63. The third-order valence-electron chi connectivity index (χ3n) is 5.26. The molecule has 2 aromatic heterocycles. The van der Waals surface area contributed by atoms with Crippen molar-refractivity contribution in [1.29, 1.82) is 0 Å². The molecule has 0 bridgehead atoms. The number of aliphatic hydroxyl groups excluding tert-OH is 3. The Labute approximate surface area is 203 Å². The van der Waals surface area contributed by atoms with E-state index < -0.39 is 38.8 Å². The van der Waals surface area contributed by atoms with Gasteiger partial charge in [-0.3, -0.25) is 14.5 Å². The van der Waals surface area contributed by atoms with Gasteiger partial charge in [0.05, 0.1) is 24.6 Å². The minimum absolute atomic E-state index is 0.136. The third kappa shape index (κ3) is 6.87. The van der Waals surface area contributed by atoms with Gasteiger partial charge >= 0.3 is 7.60 Å². The van der Waals surface area contributed by atoms with Gasteiger partial charge in [-0.1, -0.05) is 0 Å². The van der Waals surface area contributed by atoms with E-state index in [1.807, 2.05) is 20.8 Å². The molecule has 0 spiro atoms. The molecule has 0 amide bonds. The Morgan fingerprint density at radius 2 is 1.57 bits per heavy atom. The molecule has 2 unspecified atom stereocenters. The zero-order valence-electron chi connectivity index (χ0n) is 20.3. The average Bonchev–Trinajstić information content (AvgIpc) is 2.74. The quantitative estimate of drug-likeness (QED) is 0.307. The van der Waals surface area contributed by atoms with E-state index in [-0.39, 0.29) is 22.6 Å². The first kappa shape index (κ1) is 29.4. The summed E-state index contributed by atoms with van der Waals surface area (Å²) in [6.07, 6.45) is 2.58. The molecule has 2 aromatic rings. The van der Waals surface area contributed by atoms with Crippen LogP contribution in [0.2, 0.25) is 0 Å². The summed E-state index contributed by atoms with van der Waals surface area (Å²) < 4.78 is 34.3. The molecule has 12 nitrogen and oxygen atoms in total. The largest absolute Gasteiger partial charge is 0.506 e. The Bertz CT molecular complexity index is 1180. The normalized spacial score (nSPS) is 16.9. The molecule has 3 heterocycles. The van der Waals surface area contributed by atoms with Crippen LogP contribution in [-0.4, -0.2) is 59.3 Å². The molecule has 0 saturated heterocycles. The van der Waals surface area contributed by atoms with Crippen molar-refractivity contribution in [3.63, 3.8) is 0 Å². The summed E-state index contributed by atoms with van der Waals surface area (Å²) >= 11 is 0. The van der Waals surface area contributed by atoms with E-state index in [2.05, 4.69) is 9.97 Å². The van der Waals surface area contributed by atoms with Crippen LogP contribution in [0.15, 0.2) is 12.4 Å². The van der Waals surface area contributed by atoms with Gasteiger partial charge in [0.2, 0.25) is 5.79 Å². The molecule has 3 rings (SSSR count). The number of nitrogens with zero attached hydrogens (tertiary/aromatic N) is 2. The molecule has 196 valence electrons. The lowest BCUT2D eigenvalue weighted by Gasteiger charge is -2.35. The lowest BCUT2D eigenvalue weighted by Crippen LogP contribution is -2.36. The summed E-state index contributed by atoms with van der Waals surface area (Å²) in [6, 6.07) is 0. The molecular formula is C21H32N2O10P2. The van der Waals surface area contributed by atoms with Crippen molar-refractivity contribution in [2.75, 3.05) is 13.3 Å². The van der Waals surface area contributed by atoms with E-state index in [0.717, 1.165) is 17.5 Å². The molecule has 1 aliphatic heterocycles. The summed E-state index contributed by atoms with van der Waals surface area (Å²) in [7, 11) is -7.43. The van der Waals surface area contributed by atoms with E-state index in [1.54, 1.807) is 19.5 Å². The number of ether oxygens (including phenoxy) is 2. The first-order valence-corrected chi connectivity index (χ1v) is 14.8. The fraction of sp³-hybridized carbons (Fsp3) is 0.524. The van der Waals surface area contributed by atoms with Crippen LogP contribution in [0.1, 0.15) is 59.2 Å². The number of aromatic nitrogens is 2. The molecule has 0 aromatic carbocycles. The first-order chi connectivity index (χ1) is 15.9. The SMILES string of the molecule is Cc1ncc(C(O)P(=O)(O)O)c(CO)c1O.Cc1ncc(C(O)P(C)(C)=O)c2c1OC(C)(C)OC2. The Morgan fingerprint density at radius 1 is 1.03 bits per heavy atom. The van der Waals surface area contributed by atoms with Crippen LogP contribution in [0.4, 0.5) is 0 Å². The van der Waals surface area contributed by atoms with Crippen LogP contribution in [0.3, 0.4) is 0 Å². The maximum absolute atomic E-state index is 12.1. The average molecular weight is 534 g/mol. The van der Waals surface area contributed by atoms with Gasteiger partial charge in [-0.15, -0.1) is 0 Å². The van der Waals surface area contributed by atoms with E-state index in [4.69, 9.17) is 24.4 Å². The van der Waals surface area contributed by atoms with Gasteiger partial charge in [0.1, 0.15) is 24.5 Å². The van der Waals surface area contributed by atoms with Crippen molar-refractivity contribution in [3.8, 4) is 11.5 Å². The Hall–Kier alpha value is -1.88. The number of aromatic hydroxyl groups is 1. The van der Waals surface area contributed by atoms with Crippen molar-refractivity contribution >= 4 is 14.7 Å². The van der Waals surface area contributed by atoms with E-state index in [0.29, 0.717) is 17.9 Å². The fourth-order valence-electron chi connectivity index (χ4n) is 3.25. The van der Waals surface area contributed by atoms with Gasteiger partial charge in [0, 0.05) is 48.5 Å². The van der Waals surface area contributed by atoms with Crippen molar-refractivity contribution in [2.24, 2.45) is 0 Å². The smallest absolute Gasteiger partial charge is 0.358 e. The Kier molecular flexibility index (Phi) is 8.91. The zero-order chi connectivity index (χ0) is 26.9. The van der Waals surface area contributed by atoms with Crippen LogP contribution >= 0.6 is 14.7 Å². The summed E-state index contributed by atoms with van der Waals surface area (Å²) in [6.45, 7) is 9.72. The lowest BCUT2D eigenvalue weighted by molar-refractivity contribution is -0.181. The molecule has 35 heavy (non-hydrogen) atoms. The molecular weight excluding hydrogens is 502 g/mol. The summed E-state index contributed by atoms with van der Waals surface area (Å²) in [5.74, 6) is -3.62. The fourth-order valence-corrected chi connectivity index (χ4v) is 4.72. The monoisotopic (exact) mass is 534 g/mol. The van der Waals surface area contributed by atoms with Crippen LogP contribution in [-0.2, 0) is 27.1 Å². The van der Waals surface area contributed by atoms with Gasteiger partial charge in [-0.2, -0.15) is 0 Å². The van der Waals surface area contributed by atoms with Gasteiger partial charge in [-0.05, 0) is 27.2 Å². The number of hydrogen-bond donors (Lipinski definition) is 6. The van der Waals surface area contributed by atoms with Crippen molar-refractivity contribution < 1.29 is 48.8 Å². The molecule has 14 heteroatoms. The van der Waals surface area contributed by atoms with Gasteiger partial charge in [-0.25, -0.2) is 0 Å². The van der Waals surface area contributed by atoms with Gasteiger partial charge < -0.3 is 44.3 Å². The minimum Gasteiger partial charge on any atom is -0.506 e. The molecule has 0 saturated carbocycles. The molecule has 2 atom stereocenters. The second kappa shape index (κ2) is 10.6. The highest BCUT2D eigenvalue weighted by molar-refractivity contribution is 7.62. The van der Waals surface area contributed by atoms with Crippen molar-refractivity contribution in [3.05, 3.63) is 46.0 Å². The number of pyridine rings is 2. The highest BCUT2D eigenvalue weighted by atomic mass is 31.2. The maximum Gasteiger partial charge on any atom is 0.358 e. The van der Waals surface area contributed by atoms with Crippen LogP contribution < -0.4 is 4.74 Å². The second-order valence-electron chi connectivity index (χ2n) is 8.95. The standard InChI is InChI=1S/C13H20NO4P.C8H12NO6P/c1-8-11-10(7-17-13(2,3)18-11)9(6-14-8)12(15)19(4,5)16;1-4-7(11)6(3-10)5(2-9-4)8(12)16(13,14)15/h6,12,15H,7H2,1-5H3;2,8,10-12H,3H2,1H3,(H2,13,14,15). The maximum atomic E-state index is 12.1. The molecule has 0 fully saturated rings. The molecule has 6 N–H and O–H groups in total. The van der Waals surface area contributed by atoms with Crippen molar-refractivity contribution in [2.45, 2.75) is 58.4 Å². The van der Waals surface area contributed by atoms with Crippen LogP contribution in [0, 0.1) is 13.8 Å². The van der Waals surface area contributed by atoms with Crippen molar-refractivity contribution in [1.82, 2.24) is 9.97 Å². The number of aliphatic hydroxyl groups is 3. The van der Waals surface area contributed by atoms with E-state index >= 15 is 0 Å². The summed E-state index contributed by atoms with van der Waals surface area (Å²) in [5.41, 5.74) is 1.80. The van der Waals surface area contributed by atoms with Gasteiger partial charge in [0.15, 0.2) is 5.85 Å². The summed E-state index contributed by atoms with van der Waals surface area (Å²) in [5, 5.41) is 38.1. The number of hydrogen-bond acceptors (Lipinski definition) is 10. The predicted molar refractivity (Wildman–Crippen MR) is 126 cm³/mol. The highest BCUT2D eigenvalue weighted by Crippen LogP contribution is 2.53. The Balaban J connectivity index is 0.000000251. The van der Waals surface area contributed by atoms with E-state index in [1.165, 1.54) is 6.92 Å². The molecule has 0 radical (unpaired) electrons. The zero-order valence-corrected chi connectivity index (χ0v) is 22.1. The lowest BCUT2D eigenvalue weighted by atomic mass is 10.1. The molecule has 1 aliphatic rings. The first-order valence-electron chi connectivity index (χ1n) is 10.5. The van der Waals surface area contributed by atoms with Crippen LogP contribution in [0.25, 0.3) is 0 Å². The summed E-state index contributed by atoms with van der Waals surface area (Å²) in [4.78, 5) is 25.5. The van der Waals surface area contributed by atoms with Crippen LogP contribution in [0.5, 0.6) is 11.5 Å². The predicted octanol–water partition coefficient (Wildman–Crippen LogP) is 2.41.